The molecule has 7 nitrogen and oxygen atoms in total. The molecule has 0 saturated carbocycles. The molecule has 1 aromatic carbocycles. The Morgan fingerprint density at radius 2 is 2.10 bits per heavy atom. The number of pyridine rings is 1. The van der Waals surface area contributed by atoms with E-state index < -0.39 is 0 Å². The number of rotatable bonds is 6. The fraction of sp³-hybridized carbons (Fsp3) is 0.409. The summed E-state index contributed by atoms with van der Waals surface area (Å²) in [5.41, 5.74) is 2.08. The zero-order valence-corrected chi connectivity index (χ0v) is 17.5. The van der Waals surface area contributed by atoms with Crippen molar-refractivity contribution >= 4 is 34.9 Å². The Morgan fingerprint density at radius 1 is 1.30 bits per heavy atom. The molecule has 2 aromatic rings. The average Bonchev–Trinajstić information content (AvgIpc) is 2.77. The molecule has 1 saturated heterocycles. The number of aromatic nitrogens is 1. The number of anilines is 2. The number of nitrogens with zero attached hydrogens (tertiary/aromatic N) is 2. The van der Waals surface area contributed by atoms with Gasteiger partial charge in [-0.1, -0.05) is 29.8 Å². The number of amides is 2. The van der Waals surface area contributed by atoms with Crippen LogP contribution >= 0.6 is 11.6 Å². The van der Waals surface area contributed by atoms with Crippen LogP contribution in [0.5, 0.6) is 0 Å². The summed E-state index contributed by atoms with van der Waals surface area (Å²) in [4.78, 5) is 31.4. The van der Waals surface area contributed by atoms with E-state index in [1.807, 2.05) is 24.3 Å². The lowest BCUT2D eigenvalue weighted by atomic mass is 9.99. The number of fused-ring (bicyclic) bond motifs is 1. The molecule has 30 heavy (non-hydrogen) atoms. The molecule has 0 atom stereocenters. The van der Waals surface area contributed by atoms with Crippen LogP contribution in [-0.4, -0.2) is 49.6 Å². The van der Waals surface area contributed by atoms with Crippen LogP contribution in [-0.2, 0) is 16.0 Å². The third-order valence-corrected chi connectivity index (χ3v) is 5.92. The number of nitrogens with one attached hydrogen (secondary N) is 2. The van der Waals surface area contributed by atoms with E-state index in [-0.39, 0.29) is 18.4 Å². The van der Waals surface area contributed by atoms with Crippen molar-refractivity contribution in [3.63, 3.8) is 0 Å². The molecule has 2 aliphatic heterocycles. The van der Waals surface area contributed by atoms with Crippen LogP contribution in [0.25, 0.3) is 0 Å². The molecule has 0 radical (unpaired) electrons. The first-order valence-corrected chi connectivity index (χ1v) is 10.6. The zero-order chi connectivity index (χ0) is 20.9. The van der Waals surface area contributed by atoms with Gasteiger partial charge in [-0.25, -0.2) is 4.98 Å². The standard InChI is InChI=1S/C22H25ClN4O3/c23-18-4-2-1-3-16(18)5-8-24-22(29)17-11-19-21(25-12-17)26-13-20(28)27(19)14-15-6-9-30-10-7-15/h1-4,11-12,15H,5-10,13-14H2,(H,24,29)(H,25,26). The van der Waals surface area contributed by atoms with Crippen molar-refractivity contribution in [2.24, 2.45) is 5.92 Å². The van der Waals surface area contributed by atoms with Crippen LogP contribution in [0, 0.1) is 5.92 Å². The van der Waals surface area contributed by atoms with Gasteiger partial charge in [-0.15, -0.1) is 0 Å². The lowest BCUT2D eigenvalue weighted by Crippen LogP contribution is -2.44. The molecule has 2 N–H and O–H groups in total. The van der Waals surface area contributed by atoms with E-state index in [1.54, 1.807) is 17.2 Å². The molecule has 0 aliphatic carbocycles. The van der Waals surface area contributed by atoms with Gasteiger partial charge in [0, 0.05) is 37.5 Å². The van der Waals surface area contributed by atoms with Crippen LogP contribution in [0.1, 0.15) is 28.8 Å². The molecule has 1 fully saturated rings. The summed E-state index contributed by atoms with van der Waals surface area (Å²) in [5, 5.41) is 6.64. The van der Waals surface area contributed by atoms with Gasteiger partial charge in [0.25, 0.3) is 5.91 Å². The number of carbonyl (C=O) groups is 2. The van der Waals surface area contributed by atoms with Gasteiger partial charge in [0.15, 0.2) is 0 Å². The second-order valence-corrected chi connectivity index (χ2v) is 8.01. The Morgan fingerprint density at radius 3 is 2.90 bits per heavy atom. The fourth-order valence-electron chi connectivity index (χ4n) is 3.81. The van der Waals surface area contributed by atoms with Gasteiger partial charge in [0.2, 0.25) is 5.91 Å². The maximum Gasteiger partial charge on any atom is 0.252 e. The van der Waals surface area contributed by atoms with Crippen molar-refractivity contribution in [1.29, 1.82) is 0 Å². The molecule has 158 valence electrons. The molecule has 4 rings (SSSR count). The summed E-state index contributed by atoms with van der Waals surface area (Å²) in [6.07, 6.45) is 4.04. The quantitative estimate of drug-likeness (QED) is 0.739. The first-order valence-electron chi connectivity index (χ1n) is 10.3. The van der Waals surface area contributed by atoms with E-state index in [0.29, 0.717) is 47.5 Å². The number of halogens is 1. The maximum atomic E-state index is 12.7. The van der Waals surface area contributed by atoms with E-state index in [0.717, 1.165) is 31.6 Å². The third kappa shape index (κ3) is 4.74. The predicted octanol–water partition coefficient (Wildman–Crippen LogP) is 2.89. The fourth-order valence-corrected chi connectivity index (χ4v) is 4.04. The molecule has 0 spiro atoms. The molecule has 3 heterocycles. The van der Waals surface area contributed by atoms with Crippen molar-refractivity contribution in [3.05, 3.63) is 52.7 Å². The summed E-state index contributed by atoms with van der Waals surface area (Å²) < 4.78 is 5.42. The van der Waals surface area contributed by atoms with Crippen LogP contribution in [0.4, 0.5) is 11.5 Å². The maximum absolute atomic E-state index is 12.7. The molecule has 8 heteroatoms. The summed E-state index contributed by atoms with van der Waals surface area (Å²) in [7, 11) is 0. The van der Waals surface area contributed by atoms with E-state index >= 15 is 0 Å². The van der Waals surface area contributed by atoms with Gasteiger partial charge in [0.1, 0.15) is 5.82 Å². The van der Waals surface area contributed by atoms with Crippen LogP contribution in [0.2, 0.25) is 5.02 Å². The molecular formula is C22H25ClN4O3. The summed E-state index contributed by atoms with van der Waals surface area (Å²) in [6, 6.07) is 9.33. The van der Waals surface area contributed by atoms with E-state index in [9.17, 15) is 9.59 Å². The molecule has 2 amide bonds. The minimum absolute atomic E-state index is 0.00734. The minimum Gasteiger partial charge on any atom is -0.381 e. The number of ether oxygens (including phenoxy) is 1. The highest BCUT2D eigenvalue weighted by atomic mass is 35.5. The topological polar surface area (TPSA) is 83.6 Å². The molecule has 2 aliphatic rings. The predicted molar refractivity (Wildman–Crippen MR) is 116 cm³/mol. The van der Waals surface area contributed by atoms with E-state index in [4.69, 9.17) is 16.3 Å². The smallest absolute Gasteiger partial charge is 0.252 e. The number of hydrogen-bond donors (Lipinski definition) is 2. The molecule has 0 bridgehead atoms. The van der Waals surface area contributed by atoms with Crippen molar-refractivity contribution < 1.29 is 14.3 Å². The van der Waals surface area contributed by atoms with Crippen LogP contribution < -0.4 is 15.5 Å². The van der Waals surface area contributed by atoms with Gasteiger partial charge < -0.3 is 20.3 Å². The Hall–Kier alpha value is -2.64. The van der Waals surface area contributed by atoms with Crippen molar-refractivity contribution in [2.45, 2.75) is 19.3 Å². The van der Waals surface area contributed by atoms with Crippen LogP contribution in [0.3, 0.4) is 0 Å². The lowest BCUT2D eigenvalue weighted by molar-refractivity contribution is -0.117. The van der Waals surface area contributed by atoms with Gasteiger partial charge in [-0.2, -0.15) is 0 Å². The van der Waals surface area contributed by atoms with Gasteiger partial charge in [0.05, 0.1) is 17.8 Å². The van der Waals surface area contributed by atoms with E-state index in [2.05, 4.69) is 15.6 Å². The first kappa shape index (κ1) is 20.6. The highest BCUT2D eigenvalue weighted by Crippen LogP contribution is 2.30. The summed E-state index contributed by atoms with van der Waals surface area (Å²) >= 11 is 6.17. The number of hydrogen-bond acceptors (Lipinski definition) is 5. The lowest BCUT2D eigenvalue weighted by Gasteiger charge is -2.33. The second kappa shape index (κ2) is 9.45. The third-order valence-electron chi connectivity index (χ3n) is 5.55. The molecule has 1 aromatic heterocycles. The second-order valence-electron chi connectivity index (χ2n) is 7.60. The Labute approximate surface area is 180 Å². The SMILES string of the molecule is O=C(NCCc1ccccc1Cl)c1cnc2c(c1)N(CC1CCOCC1)C(=O)CN2. The van der Waals surface area contributed by atoms with Gasteiger partial charge in [-0.3, -0.25) is 9.59 Å². The number of carbonyl (C=O) groups excluding carboxylic acids is 2. The van der Waals surface area contributed by atoms with Crippen LogP contribution in [0.15, 0.2) is 36.5 Å². The normalized spacial score (nSPS) is 16.7. The minimum atomic E-state index is -0.221. The summed E-state index contributed by atoms with van der Waals surface area (Å²) in [6.45, 7) is 2.75. The van der Waals surface area contributed by atoms with Crippen molar-refractivity contribution in [1.82, 2.24) is 10.3 Å². The highest BCUT2D eigenvalue weighted by Gasteiger charge is 2.29. The first-order chi connectivity index (χ1) is 14.6. The van der Waals surface area contributed by atoms with Gasteiger partial charge >= 0.3 is 0 Å². The largest absolute Gasteiger partial charge is 0.381 e. The highest BCUT2D eigenvalue weighted by molar-refractivity contribution is 6.31. The molecule has 0 unspecified atom stereocenters. The van der Waals surface area contributed by atoms with Crippen molar-refractivity contribution in [2.75, 3.05) is 43.1 Å². The number of benzene rings is 1. The monoisotopic (exact) mass is 428 g/mol. The Kier molecular flexibility index (Phi) is 6.50. The average molecular weight is 429 g/mol. The summed E-state index contributed by atoms with van der Waals surface area (Å²) in [5.74, 6) is 0.796. The molecular weight excluding hydrogens is 404 g/mol. The van der Waals surface area contributed by atoms with Crippen molar-refractivity contribution in [3.8, 4) is 0 Å². The Balaban J connectivity index is 1.44. The van der Waals surface area contributed by atoms with E-state index in [1.165, 1.54) is 0 Å². The zero-order valence-electron chi connectivity index (χ0n) is 16.7. The van der Waals surface area contributed by atoms with Gasteiger partial charge in [-0.05, 0) is 42.9 Å². The Bertz CT molecular complexity index is 930.